The fraction of sp³-hybridized carbons (Fsp3) is 0.462. The number of aromatic nitrogens is 3. The minimum atomic E-state index is -4.09. The number of nitrogen functional groups attached to an aromatic ring is 1. The zero-order valence-electron chi connectivity index (χ0n) is 22.6. The summed E-state index contributed by atoms with van der Waals surface area (Å²) in [6, 6.07) is 8.10. The summed E-state index contributed by atoms with van der Waals surface area (Å²) in [5, 5.41) is 10.9. The molecule has 4 rings (SSSR count). The van der Waals surface area contributed by atoms with Gasteiger partial charge in [0.25, 0.3) is 5.56 Å². The maximum absolute atomic E-state index is 15.8. The van der Waals surface area contributed by atoms with Crippen molar-refractivity contribution in [2.75, 3.05) is 18.5 Å². The highest BCUT2D eigenvalue weighted by Gasteiger charge is 2.57. The van der Waals surface area contributed by atoms with Crippen LogP contribution in [0, 0.1) is 5.92 Å². The number of carbonyl (C=O) groups is 2. The van der Waals surface area contributed by atoms with Gasteiger partial charge in [0, 0.05) is 18.5 Å². The van der Waals surface area contributed by atoms with E-state index in [2.05, 4.69) is 25.9 Å². The lowest BCUT2D eigenvalue weighted by Gasteiger charge is -2.25. The third kappa shape index (κ3) is 6.78. The molecule has 4 N–H and O–H groups in total. The Hall–Kier alpha value is -2.90. The summed E-state index contributed by atoms with van der Waals surface area (Å²) < 4.78 is 45.9. The van der Waals surface area contributed by atoms with E-state index < -0.39 is 48.7 Å². The molecule has 6 atom stereocenters. The first-order valence-corrected chi connectivity index (χ1v) is 15.3. The molecule has 0 amide bonds. The van der Waals surface area contributed by atoms with Crippen LogP contribution < -0.4 is 15.8 Å². The SMILES string of the molecule is CC(=O)CCc1ccccc1OP(=O)(C[C@@H](C)C(C)=O)OC[C@H]1O[C@@H](n2ccc3c(=O)[nH]c(N)nc32)C(F)(Br)[C@H]1O. The molecule has 12 nitrogen and oxygen atoms in total. The Labute approximate surface area is 243 Å². The zero-order valence-corrected chi connectivity index (χ0v) is 25.1. The second-order valence-corrected chi connectivity index (χ2v) is 13.3. The number of aliphatic hydroxyl groups is 1. The number of nitrogens with zero attached hydrogens (tertiary/aromatic N) is 2. The average molecular weight is 657 g/mol. The number of halogens is 2. The largest absolute Gasteiger partial charge is 0.424 e. The van der Waals surface area contributed by atoms with E-state index in [0.717, 1.165) is 0 Å². The van der Waals surface area contributed by atoms with E-state index in [1.165, 1.54) is 30.7 Å². The van der Waals surface area contributed by atoms with E-state index in [9.17, 15) is 24.1 Å². The molecule has 1 aromatic carbocycles. The van der Waals surface area contributed by atoms with Gasteiger partial charge in [0.15, 0.2) is 11.9 Å². The Bertz CT molecular complexity index is 1560. The highest BCUT2D eigenvalue weighted by molar-refractivity contribution is 9.10. The molecule has 1 aliphatic rings. The number of carbonyl (C=O) groups excluding carboxylic acids is 2. The van der Waals surface area contributed by atoms with Gasteiger partial charge in [-0.15, -0.1) is 0 Å². The Morgan fingerprint density at radius 3 is 2.73 bits per heavy atom. The van der Waals surface area contributed by atoms with E-state index in [1.807, 2.05) is 0 Å². The number of fused-ring (bicyclic) bond motifs is 1. The van der Waals surface area contributed by atoms with Gasteiger partial charge >= 0.3 is 7.60 Å². The smallest absolute Gasteiger partial charge is 0.380 e. The molecular weight excluding hydrogens is 626 g/mol. The topological polar surface area (TPSA) is 176 Å². The van der Waals surface area contributed by atoms with E-state index in [4.69, 9.17) is 19.5 Å². The van der Waals surface area contributed by atoms with Crippen molar-refractivity contribution in [3.05, 3.63) is 52.4 Å². The van der Waals surface area contributed by atoms with E-state index >= 15 is 4.39 Å². The summed E-state index contributed by atoms with van der Waals surface area (Å²) in [6.07, 6.45) is -3.03. The first-order chi connectivity index (χ1) is 19.2. The maximum atomic E-state index is 15.8. The number of rotatable bonds is 12. The van der Waals surface area contributed by atoms with Gasteiger partial charge in [0.2, 0.25) is 10.5 Å². The monoisotopic (exact) mass is 656 g/mol. The number of anilines is 1. The minimum Gasteiger partial charge on any atom is -0.424 e. The number of alkyl halides is 2. The summed E-state index contributed by atoms with van der Waals surface area (Å²) in [6.45, 7) is 3.81. The predicted octanol–water partition coefficient (Wildman–Crippen LogP) is 3.66. The summed E-state index contributed by atoms with van der Waals surface area (Å²) in [4.78, 5) is 42.2. The maximum Gasteiger partial charge on any atom is 0.380 e. The molecule has 1 aliphatic heterocycles. The molecule has 222 valence electrons. The van der Waals surface area contributed by atoms with Crippen molar-refractivity contribution >= 4 is 52.1 Å². The van der Waals surface area contributed by atoms with E-state index in [0.29, 0.717) is 12.0 Å². The van der Waals surface area contributed by atoms with Crippen LogP contribution in [0.3, 0.4) is 0 Å². The van der Waals surface area contributed by atoms with Crippen LogP contribution in [0.25, 0.3) is 11.0 Å². The van der Waals surface area contributed by atoms with Crippen LogP contribution in [-0.4, -0.2) is 60.8 Å². The minimum absolute atomic E-state index is 0.0259. The number of para-hydroxylation sites is 1. The van der Waals surface area contributed by atoms with Crippen LogP contribution in [0.2, 0.25) is 0 Å². The van der Waals surface area contributed by atoms with Crippen LogP contribution in [0.4, 0.5) is 10.3 Å². The predicted molar refractivity (Wildman–Crippen MR) is 152 cm³/mol. The zero-order chi connectivity index (χ0) is 30.1. The molecule has 1 fully saturated rings. The molecule has 0 radical (unpaired) electrons. The number of hydrogen-bond donors (Lipinski definition) is 3. The van der Waals surface area contributed by atoms with Crippen molar-refractivity contribution in [3.63, 3.8) is 0 Å². The van der Waals surface area contributed by atoms with Crippen LogP contribution in [0.15, 0.2) is 41.3 Å². The van der Waals surface area contributed by atoms with Crippen molar-refractivity contribution < 1.29 is 37.4 Å². The Balaban J connectivity index is 1.58. The number of aryl methyl sites for hydroxylation is 1. The van der Waals surface area contributed by atoms with Gasteiger partial charge in [-0.2, -0.15) is 4.98 Å². The molecule has 0 bridgehead atoms. The Kier molecular flexibility index (Phi) is 9.19. The fourth-order valence-corrected chi connectivity index (χ4v) is 7.02. The summed E-state index contributed by atoms with van der Waals surface area (Å²) in [7, 11) is -4.09. The molecule has 0 spiro atoms. The number of nitrogens with two attached hydrogens (primary N) is 1. The number of benzene rings is 1. The molecule has 0 saturated carbocycles. The molecule has 3 heterocycles. The number of H-pyrrole nitrogens is 1. The molecule has 2 aromatic heterocycles. The van der Waals surface area contributed by atoms with Gasteiger partial charge in [-0.3, -0.25) is 19.1 Å². The van der Waals surface area contributed by atoms with Gasteiger partial charge in [-0.25, -0.2) is 8.96 Å². The van der Waals surface area contributed by atoms with Crippen LogP contribution in [0.1, 0.15) is 39.0 Å². The van der Waals surface area contributed by atoms with E-state index in [-0.39, 0.29) is 46.9 Å². The third-order valence-corrected chi connectivity index (χ3v) is 9.69. The Morgan fingerprint density at radius 1 is 1.34 bits per heavy atom. The number of aliphatic hydroxyl groups excluding tert-OH is 1. The first kappa shape index (κ1) is 31.0. The average Bonchev–Trinajstić information content (AvgIpc) is 3.40. The third-order valence-electron chi connectivity index (χ3n) is 6.82. The lowest BCUT2D eigenvalue weighted by atomic mass is 10.1. The molecule has 15 heteroatoms. The standard InChI is InChI=1S/C26H31BrFN4O8P/c1-14(16(3)34)13-41(37,40-19-7-5-4-6-17(19)9-8-15(2)33)38-12-20-21(35)26(27,28)24(39-20)32-11-10-18-22(32)30-25(29)31-23(18)36/h4-7,10-11,14,20-21,24,35H,8-9,12-13H2,1-3H3,(H3,29,30,31,36)/t14-,20-,21+,24-,26?,41?/m1/s1. The van der Waals surface area contributed by atoms with Crippen LogP contribution in [-0.2, 0) is 29.8 Å². The van der Waals surface area contributed by atoms with Crippen molar-refractivity contribution in [1.82, 2.24) is 14.5 Å². The fourth-order valence-electron chi connectivity index (χ4n) is 4.38. The number of aromatic amines is 1. The molecule has 2 unspecified atom stereocenters. The molecule has 3 aromatic rings. The normalized spacial score (nSPS) is 24.7. The number of Topliss-reactive ketones (excluding diaryl/α,β-unsaturated/α-hetero) is 2. The summed E-state index contributed by atoms with van der Waals surface area (Å²) in [5.41, 5.74) is 5.76. The lowest BCUT2D eigenvalue weighted by Crippen LogP contribution is -2.38. The summed E-state index contributed by atoms with van der Waals surface area (Å²) >= 11 is 2.90. The van der Waals surface area contributed by atoms with Crippen molar-refractivity contribution in [1.29, 1.82) is 0 Å². The van der Waals surface area contributed by atoms with Gasteiger partial charge in [-0.1, -0.05) is 25.1 Å². The van der Waals surface area contributed by atoms with Crippen molar-refractivity contribution in [3.8, 4) is 5.75 Å². The van der Waals surface area contributed by atoms with Gasteiger partial charge in [0.05, 0.1) is 18.2 Å². The highest BCUT2D eigenvalue weighted by atomic mass is 79.9. The van der Waals surface area contributed by atoms with Crippen molar-refractivity contribution in [2.45, 2.75) is 56.6 Å². The lowest BCUT2D eigenvalue weighted by molar-refractivity contribution is -0.120. The van der Waals surface area contributed by atoms with Crippen LogP contribution in [0.5, 0.6) is 5.75 Å². The number of ketones is 2. The molecule has 1 saturated heterocycles. The first-order valence-electron chi connectivity index (χ1n) is 12.8. The number of ether oxygens (including phenoxy) is 1. The quantitative estimate of drug-likeness (QED) is 0.193. The summed E-state index contributed by atoms with van der Waals surface area (Å²) in [5.74, 6) is -0.963. The number of hydrogen-bond acceptors (Lipinski definition) is 10. The second-order valence-electron chi connectivity index (χ2n) is 10.1. The number of nitrogens with one attached hydrogen (secondary N) is 1. The molecule has 0 aliphatic carbocycles. The van der Waals surface area contributed by atoms with Crippen LogP contribution >= 0.6 is 23.5 Å². The van der Waals surface area contributed by atoms with Gasteiger partial charge in [0.1, 0.15) is 29.5 Å². The molecular formula is C26H31BrFN4O8P. The van der Waals surface area contributed by atoms with Gasteiger partial charge < -0.3 is 29.5 Å². The Morgan fingerprint density at radius 2 is 2.05 bits per heavy atom. The second kappa shape index (κ2) is 12.1. The van der Waals surface area contributed by atoms with Gasteiger partial charge in [-0.05, 0) is 53.9 Å². The highest BCUT2D eigenvalue weighted by Crippen LogP contribution is 2.53. The molecule has 41 heavy (non-hydrogen) atoms. The van der Waals surface area contributed by atoms with E-state index in [1.54, 1.807) is 31.2 Å². The van der Waals surface area contributed by atoms with Crippen molar-refractivity contribution in [2.24, 2.45) is 5.92 Å².